The fourth-order valence-electron chi connectivity index (χ4n) is 1.77. The number of aryl methyl sites for hydroxylation is 1. The summed E-state index contributed by atoms with van der Waals surface area (Å²) in [5.74, 6) is 0. The average Bonchev–Trinajstić information content (AvgIpc) is 2.77. The lowest BCUT2D eigenvalue weighted by Gasteiger charge is -2.12. The maximum atomic E-state index is 12.3. The summed E-state index contributed by atoms with van der Waals surface area (Å²) < 4.78 is 29.5. The molecule has 0 unspecified atom stereocenters. The van der Waals surface area contributed by atoms with Gasteiger partial charge in [0, 0.05) is 23.4 Å². The van der Waals surface area contributed by atoms with Crippen molar-refractivity contribution in [3.05, 3.63) is 40.1 Å². The molecule has 20 heavy (non-hydrogen) atoms. The molecule has 0 aliphatic carbocycles. The Morgan fingerprint density at radius 1 is 1.45 bits per heavy atom. The number of anilines is 1. The maximum Gasteiger partial charge on any atom is 0.241 e. The van der Waals surface area contributed by atoms with Gasteiger partial charge in [-0.2, -0.15) is 5.10 Å². The van der Waals surface area contributed by atoms with Gasteiger partial charge in [0.2, 0.25) is 10.0 Å². The van der Waals surface area contributed by atoms with Gasteiger partial charge in [-0.3, -0.25) is 4.68 Å². The normalized spacial score (nSPS) is 11.8. The molecule has 1 aromatic carbocycles. The third-order valence-electron chi connectivity index (χ3n) is 3.02. The second-order valence-corrected chi connectivity index (χ2v) is 7.04. The van der Waals surface area contributed by atoms with Crippen LogP contribution in [0.3, 0.4) is 0 Å². The molecule has 0 radical (unpaired) electrons. The van der Waals surface area contributed by atoms with Crippen molar-refractivity contribution in [1.29, 1.82) is 0 Å². The Morgan fingerprint density at radius 2 is 2.15 bits per heavy atom. The van der Waals surface area contributed by atoms with E-state index in [0.717, 1.165) is 5.69 Å². The van der Waals surface area contributed by atoms with Crippen LogP contribution in [-0.2, 0) is 23.6 Å². The highest BCUT2D eigenvalue weighted by atomic mass is 79.9. The Labute approximate surface area is 126 Å². The number of hydrogen-bond donors (Lipinski definition) is 2. The maximum absolute atomic E-state index is 12.3. The molecule has 1 heterocycles. The predicted molar refractivity (Wildman–Crippen MR) is 80.5 cm³/mol. The largest absolute Gasteiger partial charge is 0.398 e. The number of nitrogens with two attached hydrogens (primary N) is 1. The van der Waals surface area contributed by atoms with Gasteiger partial charge in [0.15, 0.2) is 0 Å². The number of nitrogens with zero attached hydrogens (tertiary/aromatic N) is 2. The van der Waals surface area contributed by atoms with E-state index in [0.29, 0.717) is 15.7 Å². The molecular weight excluding hydrogens is 344 g/mol. The molecule has 0 aliphatic rings. The van der Waals surface area contributed by atoms with Gasteiger partial charge in [0.05, 0.1) is 17.1 Å². The van der Waals surface area contributed by atoms with Gasteiger partial charge >= 0.3 is 0 Å². The third kappa shape index (κ3) is 3.02. The standard InChI is InChI=1S/C12H15BrN4O2S/c1-8-11(14)5-9(13)6-12(8)20(18,19)16-7-10-3-4-15-17(10)2/h3-6,16H,7,14H2,1-2H3. The lowest BCUT2D eigenvalue weighted by molar-refractivity contribution is 0.576. The van der Waals surface area contributed by atoms with Crippen molar-refractivity contribution in [2.24, 2.45) is 7.05 Å². The summed E-state index contributed by atoms with van der Waals surface area (Å²) in [5, 5.41) is 3.99. The van der Waals surface area contributed by atoms with E-state index < -0.39 is 10.0 Å². The van der Waals surface area contributed by atoms with E-state index in [1.807, 2.05) is 0 Å². The monoisotopic (exact) mass is 358 g/mol. The molecule has 8 heteroatoms. The first-order valence-electron chi connectivity index (χ1n) is 5.83. The Morgan fingerprint density at radius 3 is 2.75 bits per heavy atom. The van der Waals surface area contributed by atoms with Crippen LogP contribution in [0.2, 0.25) is 0 Å². The van der Waals surface area contributed by atoms with Crippen molar-refractivity contribution in [1.82, 2.24) is 14.5 Å². The number of nitrogens with one attached hydrogen (secondary N) is 1. The van der Waals surface area contributed by atoms with E-state index >= 15 is 0 Å². The van der Waals surface area contributed by atoms with E-state index in [2.05, 4.69) is 25.8 Å². The minimum Gasteiger partial charge on any atom is -0.398 e. The van der Waals surface area contributed by atoms with Crippen molar-refractivity contribution in [3.8, 4) is 0 Å². The number of rotatable bonds is 4. The van der Waals surface area contributed by atoms with Crippen LogP contribution in [0.4, 0.5) is 5.69 Å². The molecule has 0 aliphatic heterocycles. The molecule has 0 amide bonds. The molecule has 0 saturated heterocycles. The van der Waals surface area contributed by atoms with Gasteiger partial charge in [0.25, 0.3) is 0 Å². The van der Waals surface area contributed by atoms with Gasteiger partial charge in [-0.15, -0.1) is 0 Å². The lowest BCUT2D eigenvalue weighted by atomic mass is 10.2. The van der Waals surface area contributed by atoms with Gasteiger partial charge in [-0.1, -0.05) is 15.9 Å². The Bertz CT molecular complexity index is 740. The number of nitrogen functional groups attached to an aromatic ring is 1. The quantitative estimate of drug-likeness (QED) is 0.811. The highest BCUT2D eigenvalue weighted by molar-refractivity contribution is 9.10. The van der Waals surface area contributed by atoms with Crippen LogP contribution in [0.15, 0.2) is 33.8 Å². The molecule has 2 rings (SSSR count). The smallest absolute Gasteiger partial charge is 0.241 e. The topological polar surface area (TPSA) is 90.0 Å². The highest BCUT2D eigenvalue weighted by Gasteiger charge is 2.19. The Hall–Kier alpha value is -1.38. The van der Waals surface area contributed by atoms with Crippen molar-refractivity contribution < 1.29 is 8.42 Å². The summed E-state index contributed by atoms with van der Waals surface area (Å²) >= 11 is 3.25. The van der Waals surface area contributed by atoms with Crippen molar-refractivity contribution in [2.45, 2.75) is 18.4 Å². The SMILES string of the molecule is Cc1c(N)cc(Br)cc1S(=O)(=O)NCc1ccnn1C. The van der Waals surface area contributed by atoms with Crippen molar-refractivity contribution in [2.75, 3.05) is 5.73 Å². The van der Waals surface area contributed by atoms with E-state index in [1.54, 1.807) is 37.0 Å². The van der Waals surface area contributed by atoms with E-state index in [-0.39, 0.29) is 11.4 Å². The highest BCUT2D eigenvalue weighted by Crippen LogP contribution is 2.26. The summed E-state index contributed by atoms with van der Waals surface area (Å²) in [6, 6.07) is 4.97. The molecule has 0 atom stereocenters. The van der Waals surface area contributed by atoms with Crippen LogP contribution in [0.5, 0.6) is 0 Å². The third-order valence-corrected chi connectivity index (χ3v) is 5.01. The van der Waals surface area contributed by atoms with Gasteiger partial charge in [0.1, 0.15) is 0 Å². The predicted octanol–water partition coefficient (Wildman–Crippen LogP) is 1.55. The first-order valence-corrected chi connectivity index (χ1v) is 8.11. The first-order chi connectivity index (χ1) is 9.31. The Kier molecular flexibility index (Phi) is 4.17. The van der Waals surface area contributed by atoms with Gasteiger partial charge in [-0.25, -0.2) is 13.1 Å². The minimum atomic E-state index is -3.63. The molecule has 0 saturated carbocycles. The van der Waals surface area contributed by atoms with E-state index in [9.17, 15) is 8.42 Å². The van der Waals surface area contributed by atoms with Gasteiger partial charge < -0.3 is 5.73 Å². The molecule has 2 aromatic rings. The second kappa shape index (κ2) is 5.55. The molecular formula is C12H15BrN4O2S. The van der Waals surface area contributed by atoms with Crippen LogP contribution < -0.4 is 10.5 Å². The summed E-state index contributed by atoms with van der Waals surface area (Å²) in [6.45, 7) is 1.85. The molecule has 6 nitrogen and oxygen atoms in total. The second-order valence-electron chi connectivity index (χ2n) is 4.39. The van der Waals surface area contributed by atoms with E-state index in [4.69, 9.17) is 5.73 Å². The van der Waals surface area contributed by atoms with Gasteiger partial charge in [-0.05, 0) is 30.7 Å². The lowest BCUT2D eigenvalue weighted by Crippen LogP contribution is -2.25. The van der Waals surface area contributed by atoms with Crippen LogP contribution >= 0.6 is 15.9 Å². The molecule has 0 bridgehead atoms. The summed E-state index contributed by atoms with van der Waals surface area (Å²) in [6.07, 6.45) is 1.62. The first kappa shape index (κ1) is 15.0. The summed E-state index contributed by atoms with van der Waals surface area (Å²) in [4.78, 5) is 0.173. The number of benzene rings is 1. The molecule has 108 valence electrons. The van der Waals surface area contributed by atoms with Crippen molar-refractivity contribution >= 4 is 31.6 Å². The molecule has 0 spiro atoms. The number of sulfonamides is 1. The summed E-state index contributed by atoms with van der Waals surface area (Å²) in [5.41, 5.74) is 7.53. The fraction of sp³-hybridized carbons (Fsp3) is 0.250. The van der Waals surface area contributed by atoms with E-state index in [1.165, 1.54) is 6.07 Å². The fourth-order valence-corrected chi connectivity index (χ4v) is 3.70. The zero-order chi connectivity index (χ0) is 14.9. The Balaban J connectivity index is 2.29. The van der Waals surface area contributed by atoms with Crippen molar-refractivity contribution in [3.63, 3.8) is 0 Å². The number of halogens is 1. The van der Waals surface area contributed by atoms with Crippen LogP contribution in [-0.4, -0.2) is 18.2 Å². The number of hydrogen-bond acceptors (Lipinski definition) is 4. The van der Waals surface area contributed by atoms with Crippen LogP contribution in [0.1, 0.15) is 11.3 Å². The summed E-state index contributed by atoms with van der Waals surface area (Å²) in [7, 11) is -1.87. The molecule has 1 aromatic heterocycles. The zero-order valence-corrected chi connectivity index (χ0v) is 13.5. The minimum absolute atomic E-state index is 0.171. The average molecular weight is 359 g/mol. The number of aromatic nitrogens is 2. The van der Waals surface area contributed by atoms with Crippen LogP contribution in [0.25, 0.3) is 0 Å². The van der Waals surface area contributed by atoms with Crippen LogP contribution in [0, 0.1) is 6.92 Å². The molecule has 3 N–H and O–H groups in total. The molecule has 0 fully saturated rings. The zero-order valence-electron chi connectivity index (χ0n) is 11.1.